The molecule has 0 aromatic heterocycles. The lowest BCUT2D eigenvalue weighted by Crippen LogP contribution is -2.01. The second-order valence-corrected chi connectivity index (χ2v) is 4.43. The standard InChI is InChI=1S/C16H18O2/c1-12-7-3-4-8-14(12)11-18-16-10-6-5-9-15(16)13(2)17/h3-10,13,17H,11H2,1-2H3/t13-/m0/s1. The van der Waals surface area contributed by atoms with E-state index < -0.39 is 6.10 Å². The summed E-state index contributed by atoms with van der Waals surface area (Å²) in [4.78, 5) is 0. The van der Waals surface area contributed by atoms with Crippen LogP contribution in [0.1, 0.15) is 29.7 Å². The Morgan fingerprint density at radius 3 is 2.44 bits per heavy atom. The predicted molar refractivity (Wildman–Crippen MR) is 72.6 cm³/mol. The molecule has 0 fully saturated rings. The van der Waals surface area contributed by atoms with Crippen molar-refractivity contribution in [3.8, 4) is 5.75 Å². The van der Waals surface area contributed by atoms with Gasteiger partial charge in [-0.2, -0.15) is 0 Å². The summed E-state index contributed by atoms with van der Waals surface area (Å²) in [5, 5.41) is 9.68. The maximum atomic E-state index is 9.68. The van der Waals surface area contributed by atoms with E-state index in [1.54, 1.807) is 6.92 Å². The van der Waals surface area contributed by atoms with Crippen LogP contribution >= 0.6 is 0 Å². The van der Waals surface area contributed by atoms with Crippen LogP contribution in [0.3, 0.4) is 0 Å². The zero-order chi connectivity index (χ0) is 13.0. The topological polar surface area (TPSA) is 29.5 Å². The maximum Gasteiger partial charge on any atom is 0.125 e. The van der Waals surface area contributed by atoms with E-state index in [1.165, 1.54) is 5.56 Å². The number of hydrogen-bond donors (Lipinski definition) is 1. The number of benzene rings is 2. The second kappa shape index (κ2) is 5.69. The number of aliphatic hydroxyl groups excluding tert-OH is 1. The van der Waals surface area contributed by atoms with Crippen molar-refractivity contribution in [2.24, 2.45) is 0 Å². The number of ether oxygens (including phenoxy) is 1. The van der Waals surface area contributed by atoms with E-state index in [9.17, 15) is 5.11 Å². The minimum atomic E-state index is -0.516. The summed E-state index contributed by atoms with van der Waals surface area (Å²) in [5.41, 5.74) is 3.20. The second-order valence-electron chi connectivity index (χ2n) is 4.43. The monoisotopic (exact) mass is 242 g/mol. The minimum absolute atomic E-state index is 0.516. The molecule has 18 heavy (non-hydrogen) atoms. The Morgan fingerprint density at radius 1 is 1.06 bits per heavy atom. The molecule has 0 amide bonds. The minimum Gasteiger partial charge on any atom is -0.489 e. The van der Waals surface area contributed by atoms with Gasteiger partial charge in [-0.1, -0.05) is 42.5 Å². The van der Waals surface area contributed by atoms with Crippen molar-refractivity contribution < 1.29 is 9.84 Å². The van der Waals surface area contributed by atoms with Crippen LogP contribution in [0.15, 0.2) is 48.5 Å². The van der Waals surface area contributed by atoms with Gasteiger partial charge in [0, 0.05) is 5.56 Å². The average Bonchev–Trinajstić information content (AvgIpc) is 2.38. The Balaban J connectivity index is 2.14. The fourth-order valence-corrected chi connectivity index (χ4v) is 1.88. The fraction of sp³-hybridized carbons (Fsp3) is 0.250. The maximum absolute atomic E-state index is 9.68. The molecule has 2 nitrogen and oxygen atoms in total. The van der Waals surface area contributed by atoms with Crippen molar-refractivity contribution in [2.45, 2.75) is 26.6 Å². The summed E-state index contributed by atoms with van der Waals surface area (Å²) < 4.78 is 5.81. The summed E-state index contributed by atoms with van der Waals surface area (Å²) in [6, 6.07) is 15.7. The van der Waals surface area contributed by atoms with Gasteiger partial charge in [0.15, 0.2) is 0 Å². The van der Waals surface area contributed by atoms with Gasteiger partial charge < -0.3 is 9.84 Å². The Bertz CT molecular complexity index is 518. The van der Waals surface area contributed by atoms with Gasteiger partial charge in [-0.15, -0.1) is 0 Å². The van der Waals surface area contributed by atoms with Gasteiger partial charge in [0.05, 0.1) is 6.10 Å². The van der Waals surface area contributed by atoms with Crippen molar-refractivity contribution in [2.75, 3.05) is 0 Å². The first-order chi connectivity index (χ1) is 8.68. The van der Waals surface area contributed by atoms with E-state index in [2.05, 4.69) is 19.1 Å². The van der Waals surface area contributed by atoms with Crippen molar-refractivity contribution in [1.29, 1.82) is 0 Å². The Labute approximate surface area is 108 Å². The molecule has 0 saturated carbocycles. The van der Waals surface area contributed by atoms with Gasteiger partial charge in [-0.25, -0.2) is 0 Å². The molecule has 94 valence electrons. The zero-order valence-corrected chi connectivity index (χ0v) is 10.8. The summed E-state index contributed by atoms with van der Waals surface area (Å²) >= 11 is 0. The molecule has 1 atom stereocenters. The quantitative estimate of drug-likeness (QED) is 0.887. The van der Waals surface area contributed by atoms with Gasteiger partial charge in [-0.3, -0.25) is 0 Å². The molecule has 0 aliphatic heterocycles. The van der Waals surface area contributed by atoms with E-state index in [1.807, 2.05) is 36.4 Å². The van der Waals surface area contributed by atoms with Crippen molar-refractivity contribution in [3.63, 3.8) is 0 Å². The van der Waals surface area contributed by atoms with Crippen molar-refractivity contribution in [3.05, 3.63) is 65.2 Å². The smallest absolute Gasteiger partial charge is 0.125 e. The van der Waals surface area contributed by atoms with E-state index in [-0.39, 0.29) is 0 Å². The Kier molecular flexibility index (Phi) is 4.00. The fourth-order valence-electron chi connectivity index (χ4n) is 1.88. The highest BCUT2D eigenvalue weighted by Gasteiger charge is 2.08. The number of rotatable bonds is 4. The van der Waals surface area contributed by atoms with Gasteiger partial charge in [-0.05, 0) is 31.0 Å². The third-order valence-electron chi connectivity index (χ3n) is 3.01. The number of aryl methyl sites for hydroxylation is 1. The summed E-state index contributed by atoms with van der Waals surface area (Å²) in [6.45, 7) is 4.34. The first-order valence-corrected chi connectivity index (χ1v) is 6.13. The molecule has 2 heteroatoms. The summed E-state index contributed by atoms with van der Waals surface area (Å²) in [7, 11) is 0. The van der Waals surface area contributed by atoms with Crippen molar-refractivity contribution in [1.82, 2.24) is 0 Å². The molecule has 0 aliphatic rings. The lowest BCUT2D eigenvalue weighted by atomic mass is 10.1. The normalized spacial score (nSPS) is 12.2. The molecule has 0 heterocycles. The van der Waals surface area contributed by atoms with Crippen LogP contribution in [0.2, 0.25) is 0 Å². The summed E-state index contributed by atoms with van der Waals surface area (Å²) in [6.07, 6.45) is -0.516. The van der Waals surface area contributed by atoms with Crippen LogP contribution in [0.4, 0.5) is 0 Å². The third kappa shape index (κ3) is 2.90. The molecule has 0 spiro atoms. The lowest BCUT2D eigenvalue weighted by molar-refractivity contribution is 0.190. The van der Waals surface area contributed by atoms with Crippen molar-refractivity contribution >= 4 is 0 Å². The highest BCUT2D eigenvalue weighted by molar-refractivity contribution is 5.35. The lowest BCUT2D eigenvalue weighted by Gasteiger charge is -2.14. The molecule has 0 saturated heterocycles. The van der Waals surface area contributed by atoms with E-state index in [4.69, 9.17) is 4.74 Å². The highest BCUT2D eigenvalue weighted by atomic mass is 16.5. The van der Waals surface area contributed by atoms with Crippen LogP contribution in [0.5, 0.6) is 5.75 Å². The molecule has 1 N–H and O–H groups in total. The SMILES string of the molecule is Cc1ccccc1COc1ccccc1[C@H](C)O. The van der Waals surface area contributed by atoms with Crippen LogP contribution in [-0.2, 0) is 6.61 Å². The van der Waals surface area contributed by atoms with Gasteiger partial charge in [0.2, 0.25) is 0 Å². The van der Waals surface area contributed by atoms with E-state index >= 15 is 0 Å². The Hall–Kier alpha value is -1.80. The molecular weight excluding hydrogens is 224 g/mol. The molecular formula is C16H18O2. The largest absolute Gasteiger partial charge is 0.489 e. The molecule has 2 rings (SSSR count). The average molecular weight is 242 g/mol. The first kappa shape index (κ1) is 12.7. The zero-order valence-electron chi connectivity index (χ0n) is 10.8. The molecule has 0 radical (unpaired) electrons. The molecule has 2 aromatic rings. The van der Waals surface area contributed by atoms with Gasteiger partial charge in [0.25, 0.3) is 0 Å². The van der Waals surface area contributed by atoms with Gasteiger partial charge >= 0.3 is 0 Å². The molecule has 2 aromatic carbocycles. The molecule has 0 aliphatic carbocycles. The number of hydrogen-bond acceptors (Lipinski definition) is 2. The third-order valence-corrected chi connectivity index (χ3v) is 3.01. The van der Waals surface area contributed by atoms with Gasteiger partial charge in [0.1, 0.15) is 12.4 Å². The van der Waals surface area contributed by atoms with Crippen LogP contribution in [0, 0.1) is 6.92 Å². The molecule has 0 bridgehead atoms. The van der Waals surface area contributed by atoms with Crippen LogP contribution < -0.4 is 4.74 Å². The first-order valence-electron chi connectivity index (χ1n) is 6.13. The Morgan fingerprint density at radius 2 is 1.72 bits per heavy atom. The number of para-hydroxylation sites is 1. The van der Waals surface area contributed by atoms with E-state index in [0.717, 1.165) is 16.9 Å². The van der Waals surface area contributed by atoms with E-state index in [0.29, 0.717) is 6.61 Å². The molecule has 0 unspecified atom stereocenters. The van der Waals surface area contributed by atoms with Crippen LogP contribution in [0.25, 0.3) is 0 Å². The van der Waals surface area contributed by atoms with Crippen LogP contribution in [-0.4, -0.2) is 5.11 Å². The number of aliphatic hydroxyl groups is 1. The highest BCUT2D eigenvalue weighted by Crippen LogP contribution is 2.25. The predicted octanol–water partition coefficient (Wildman–Crippen LogP) is 3.63. The summed E-state index contributed by atoms with van der Waals surface area (Å²) in [5.74, 6) is 0.746.